The first kappa shape index (κ1) is 13.2. The Bertz CT molecular complexity index is 512. The average molecular weight is 258 g/mol. The maximum Gasteiger partial charge on any atom is 0.126 e. The van der Waals surface area contributed by atoms with Gasteiger partial charge < -0.3 is 14.8 Å². The SMILES string of the molecule is CCNc1cc(COc2ccc(OC)cc2)ccn1. The number of rotatable bonds is 6. The molecule has 1 aromatic carbocycles. The Morgan fingerprint density at radius 1 is 1.11 bits per heavy atom. The van der Waals surface area contributed by atoms with Gasteiger partial charge in [0.15, 0.2) is 0 Å². The molecule has 1 heterocycles. The lowest BCUT2D eigenvalue weighted by molar-refractivity contribution is 0.305. The van der Waals surface area contributed by atoms with Crippen molar-refractivity contribution in [3.63, 3.8) is 0 Å². The van der Waals surface area contributed by atoms with Gasteiger partial charge in [0, 0.05) is 12.7 Å². The molecule has 100 valence electrons. The predicted octanol–water partition coefficient (Wildman–Crippen LogP) is 3.10. The summed E-state index contributed by atoms with van der Waals surface area (Å²) in [6.07, 6.45) is 1.78. The summed E-state index contributed by atoms with van der Waals surface area (Å²) in [4.78, 5) is 4.22. The summed E-state index contributed by atoms with van der Waals surface area (Å²) in [5.74, 6) is 2.52. The number of hydrogen-bond donors (Lipinski definition) is 1. The van der Waals surface area contributed by atoms with Crippen LogP contribution in [0, 0.1) is 0 Å². The lowest BCUT2D eigenvalue weighted by atomic mass is 10.2. The molecular weight excluding hydrogens is 240 g/mol. The molecule has 2 aromatic rings. The first-order valence-electron chi connectivity index (χ1n) is 6.27. The third-order valence-electron chi connectivity index (χ3n) is 2.65. The van der Waals surface area contributed by atoms with Gasteiger partial charge in [-0.25, -0.2) is 4.98 Å². The van der Waals surface area contributed by atoms with Crippen LogP contribution in [0.3, 0.4) is 0 Å². The molecule has 19 heavy (non-hydrogen) atoms. The minimum Gasteiger partial charge on any atom is -0.497 e. The summed E-state index contributed by atoms with van der Waals surface area (Å²) in [5, 5.41) is 3.18. The van der Waals surface area contributed by atoms with Crippen molar-refractivity contribution in [3.05, 3.63) is 48.2 Å². The van der Waals surface area contributed by atoms with E-state index in [2.05, 4.69) is 10.3 Å². The van der Waals surface area contributed by atoms with E-state index in [4.69, 9.17) is 9.47 Å². The van der Waals surface area contributed by atoms with Crippen molar-refractivity contribution in [3.8, 4) is 11.5 Å². The molecule has 1 aromatic heterocycles. The summed E-state index contributed by atoms with van der Waals surface area (Å²) in [6, 6.07) is 11.5. The second-order valence-electron chi connectivity index (χ2n) is 4.04. The Hall–Kier alpha value is -2.23. The number of hydrogen-bond acceptors (Lipinski definition) is 4. The molecule has 0 fully saturated rings. The van der Waals surface area contributed by atoms with Crippen molar-refractivity contribution < 1.29 is 9.47 Å². The van der Waals surface area contributed by atoms with Crippen molar-refractivity contribution in [1.82, 2.24) is 4.98 Å². The van der Waals surface area contributed by atoms with Crippen LogP contribution in [0.15, 0.2) is 42.6 Å². The zero-order valence-electron chi connectivity index (χ0n) is 11.2. The van der Waals surface area contributed by atoms with E-state index in [1.165, 1.54) is 0 Å². The monoisotopic (exact) mass is 258 g/mol. The smallest absolute Gasteiger partial charge is 0.126 e. The topological polar surface area (TPSA) is 43.4 Å². The fourth-order valence-corrected chi connectivity index (χ4v) is 1.68. The maximum atomic E-state index is 5.71. The lowest BCUT2D eigenvalue weighted by Gasteiger charge is -2.08. The Labute approximate surface area is 113 Å². The van der Waals surface area contributed by atoms with Crippen molar-refractivity contribution in [2.24, 2.45) is 0 Å². The molecule has 0 radical (unpaired) electrons. The van der Waals surface area contributed by atoms with Gasteiger partial charge in [-0.05, 0) is 48.9 Å². The number of benzene rings is 1. The highest BCUT2D eigenvalue weighted by Gasteiger charge is 1.99. The molecule has 1 N–H and O–H groups in total. The Morgan fingerprint density at radius 2 is 1.84 bits per heavy atom. The van der Waals surface area contributed by atoms with Crippen LogP contribution in [0.2, 0.25) is 0 Å². The van der Waals surface area contributed by atoms with Gasteiger partial charge in [-0.15, -0.1) is 0 Å². The molecule has 2 rings (SSSR count). The van der Waals surface area contributed by atoms with E-state index in [-0.39, 0.29) is 0 Å². The number of aromatic nitrogens is 1. The maximum absolute atomic E-state index is 5.71. The van der Waals surface area contributed by atoms with E-state index < -0.39 is 0 Å². The molecule has 0 unspecified atom stereocenters. The van der Waals surface area contributed by atoms with E-state index >= 15 is 0 Å². The van der Waals surface area contributed by atoms with Crippen LogP contribution in [0.5, 0.6) is 11.5 Å². The average Bonchev–Trinajstić information content (AvgIpc) is 2.46. The van der Waals surface area contributed by atoms with E-state index in [1.807, 2.05) is 43.3 Å². The Kier molecular flexibility index (Phi) is 4.61. The summed E-state index contributed by atoms with van der Waals surface area (Å²) in [5.41, 5.74) is 1.08. The summed E-state index contributed by atoms with van der Waals surface area (Å²) in [7, 11) is 1.65. The number of nitrogens with one attached hydrogen (secondary N) is 1. The molecule has 0 spiro atoms. The fraction of sp³-hybridized carbons (Fsp3) is 0.267. The van der Waals surface area contributed by atoms with Gasteiger partial charge in [0.2, 0.25) is 0 Å². The molecule has 4 heteroatoms. The van der Waals surface area contributed by atoms with Crippen molar-refractivity contribution in [1.29, 1.82) is 0 Å². The third-order valence-corrected chi connectivity index (χ3v) is 2.65. The van der Waals surface area contributed by atoms with Gasteiger partial charge >= 0.3 is 0 Å². The zero-order valence-corrected chi connectivity index (χ0v) is 11.2. The molecule has 0 aliphatic heterocycles. The number of pyridine rings is 1. The molecule has 0 saturated heterocycles. The Morgan fingerprint density at radius 3 is 2.53 bits per heavy atom. The third kappa shape index (κ3) is 3.88. The largest absolute Gasteiger partial charge is 0.497 e. The van der Waals surface area contributed by atoms with Crippen LogP contribution in [0.1, 0.15) is 12.5 Å². The summed E-state index contributed by atoms with van der Waals surface area (Å²) >= 11 is 0. The summed E-state index contributed by atoms with van der Waals surface area (Å²) < 4.78 is 10.8. The van der Waals surface area contributed by atoms with Crippen LogP contribution in [0.4, 0.5) is 5.82 Å². The highest BCUT2D eigenvalue weighted by atomic mass is 16.5. The van der Waals surface area contributed by atoms with Crippen LogP contribution in [-0.4, -0.2) is 18.6 Å². The first-order chi connectivity index (χ1) is 9.31. The van der Waals surface area contributed by atoms with Crippen LogP contribution < -0.4 is 14.8 Å². The molecule has 0 bridgehead atoms. The number of anilines is 1. The van der Waals surface area contributed by atoms with E-state index in [0.717, 1.165) is 29.4 Å². The molecule has 0 aliphatic carbocycles. The Balaban J connectivity index is 1.95. The predicted molar refractivity (Wildman–Crippen MR) is 75.7 cm³/mol. The van der Waals surface area contributed by atoms with Crippen LogP contribution >= 0.6 is 0 Å². The summed E-state index contributed by atoms with van der Waals surface area (Å²) in [6.45, 7) is 3.42. The van der Waals surface area contributed by atoms with E-state index in [0.29, 0.717) is 6.61 Å². The molecule has 0 aliphatic rings. The van der Waals surface area contributed by atoms with E-state index in [9.17, 15) is 0 Å². The quantitative estimate of drug-likeness (QED) is 0.864. The molecular formula is C15H18N2O2. The minimum absolute atomic E-state index is 0.521. The second kappa shape index (κ2) is 6.64. The molecule has 0 atom stereocenters. The molecule has 0 amide bonds. The highest BCUT2D eigenvalue weighted by Crippen LogP contribution is 2.18. The van der Waals surface area contributed by atoms with Gasteiger partial charge in [-0.3, -0.25) is 0 Å². The number of nitrogens with zero attached hydrogens (tertiary/aromatic N) is 1. The molecule has 4 nitrogen and oxygen atoms in total. The number of methoxy groups -OCH3 is 1. The fourth-order valence-electron chi connectivity index (χ4n) is 1.68. The van der Waals surface area contributed by atoms with Crippen molar-refractivity contribution in [2.75, 3.05) is 19.0 Å². The van der Waals surface area contributed by atoms with Gasteiger partial charge in [-0.1, -0.05) is 0 Å². The van der Waals surface area contributed by atoms with Gasteiger partial charge in [0.25, 0.3) is 0 Å². The molecule has 0 saturated carbocycles. The van der Waals surface area contributed by atoms with Crippen molar-refractivity contribution >= 4 is 5.82 Å². The van der Waals surface area contributed by atoms with Gasteiger partial charge in [0.1, 0.15) is 23.9 Å². The normalized spacial score (nSPS) is 10.0. The minimum atomic E-state index is 0.521. The number of ether oxygens (including phenoxy) is 2. The standard InChI is InChI=1S/C15H18N2O2/c1-3-16-15-10-12(8-9-17-15)11-19-14-6-4-13(18-2)5-7-14/h4-10H,3,11H2,1-2H3,(H,16,17). The van der Waals surface area contributed by atoms with Gasteiger partial charge in [0.05, 0.1) is 7.11 Å². The lowest BCUT2D eigenvalue weighted by Crippen LogP contribution is -2.01. The first-order valence-corrected chi connectivity index (χ1v) is 6.27. The second-order valence-corrected chi connectivity index (χ2v) is 4.04. The highest BCUT2D eigenvalue weighted by molar-refractivity contribution is 5.37. The van der Waals surface area contributed by atoms with Gasteiger partial charge in [-0.2, -0.15) is 0 Å². The van der Waals surface area contributed by atoms with E-state index in [1.54, 1.807) is 13.3 Å². The van der Waals surface area contributed by atoms with Crippen LogP contribution in [0.25, 0.3) is 0 Å². The zero-order chi connectivity index (χ0) is 13.5. The van der Waals surface area contributed by atoms with Crippen LogP contribution in [-0.2, 0) is 6.61 Å². The van der Waals surface area contributed by atoms with Crippen molar-refractivity contribution in [2.45, 2.75) is 13.5 Å².